The van der Waals surface area contributed by atoms with E-state index in [1.54, 1.807) is 7.11 Å². The van der Waals surface area contributed by atoms with Crippen molar-refractivity contribution in [2.24, 2.45) is 0 Å². The monoisotopic (exact) mass is 279 g/mol. The van der Waals surface area contributed by atoms with Crippen LogP contribution in [-0.2, 0) is 4.74 Å². The third-order valence-electron chi connectivity index (χ3n) is 3.23. The molecule has 0 bridgehead atoms. The number of methoxy groups -OCH3 is 1. The molecule has 20 heavy (non-hydrogen) atoms. The zero-order valence-corrected chi connectivity index (χ0v) is 12.8. The first-order valence-electron chi connectivity index (χ1n) is 6.98. The molecule has 0 unspecified atom stereocenters. The van der Waals surface area contributed by atoms with Crippen LogP contribution in [0.4, 0.5) is 16.2 Å². The summed E-state index contributed by atoms with van der Waals surface area (Å²) in [6.07, 6.45) is 0.831. The first kappa shape index (κ1) is 16.3. The van der Waals surface area contributed by atoms with E-state index >= 15 is 0 Å². The number of hydrogen-bond acceptors (Lipinski definition) is 3. The third-order valence-corrected chi connectivity index (χ3v) is 3.23. The smallest absolute Gasteiger partial charge is 0.319 e. The van der Waals surface area contributed by atoms with E-state index in [0.717, 1.165) is 24.3 Å². The number of para-hydroxylation sites is 2. The Bertz CT molecular complexity index is 423. The van der Waals surface area contributed by atoms with Crippen molar-refractivity contribution in [1.82, 2.24) is 5.32 Å². The van der Waals surface area contributed by atoms with Crippen molar-refractivity contribution in [3.05, 3.63) is 24.3 Å². The van der Waals surface area contributed by atoms with Crippen LogP contribution >= 0.6 is 0 Å². The Morgan fingerprint density at radius 3 is 2.65 bits per heavy atom. The highest BCUT2D eigenvalue weighted by molar-refractivity contribution is 5.93. The molecule has 0 spiro atoms. The standard InChI is InChI=1S/C15H25N3O2/c1-5-12(11-20-4)16-15(19)17-13-9-7-8-10-14(13)18(3)6-2/h7-10,12H,5-6,11H2,1-4H3,(H2,16,17,19)/t12-/m1/s1. The lowest BCUT2D eigenvalue weighted by Crippen LogP contribution is -2.40. The van der Waals surface area contributed by atoms with Gasteiger partial charge in [-0.25, -0.2) is 4.79 Å². The van der Waals surface area contributed by atoms with Crippen LogP contribution < -0.4 is 15.5 Å². The molecule has 0 radical (unpaired) electrons. The Morgan fingerprint density at radius 1 is 1.35 bits per heavy atom. The van der Waals surface area contributed by atoms with Gasteiger partial charge in [-0.15, -0.1) is 0 Å². The van der Waals surface area contributed by atoms with Gasteiger partial charge in [0.15, 0.2) is 0 Å². The molecular formula is C15H25N3O2. The number of nitrogens with zero attached hydrogens (tertiary/aromatic N) is 1. The average molecular weight is 279 g/mol. The molecule has 0 aliphatic rings. The number of carbonyl (C=O) groups excluding carboxylic acids is 1. The van der Waals surface area contributed by atoms with Gasteiger partial charge in [0.1, 0.15) is 0 Å². The van der Waals surface area contributed by atoms with Crippen LogP contribution in [0.2, 0.25) is 0 Å². The summed E-state index contributed by atoms with van der Waals surface area (Å²) in [6, 6.07) is 7.59. The second kappa shape index (κ2) is 8.43. The lowest BCUT2D eigenvalue weighted by Gasteiger charge is -2.22. The fourth-order valence-corrected chi connectivity index (χ4v) is 1.89. The van der Waals surface area contributed by atoms with Crippen molar-refractivity contribution < 1.29 is 9.53 Å². The predicted octanol–water partition coefficient (Wildman–Crippen LogP) is 2.69. The number of amides is 2. The number of carbonyl (C=O) groups is 1. The van der Waals surface area contributed by atoms with Crippen molar-refractivity contribution in [1.29, 1.82) is 0 Å². The van der Waals surface area contributed by atoms with E-state index in [1.165, 1.54) is 0 Å². The Hall–Kier alpha value is -1.75. The summed E-state index contributed by atoms with van der Waals surface area (Å²) in [6.45, 7) is 5.48. The van der Waals surface area contributed by atoms with E-state index in [2.05, 4.69) is 22.5 Å². The van der Waals surface area contributed by atoms with Crippen molar-refractivity contribution >= 4 is 17.4 Å². The first-order valence-corrected chi connectivity index (χ1v) is 6.98. The molecule has 0 aliphatic heterocycles. The summed E-state index contributed by atoms with van der Waals surface area (Å²) < 4.78 is 5.07. The Morgan fingerprint density at radius 2 is 2.05 bits per heavy atom. The summed E-state index contributed by atoms with van der Waals surface area (Å²) in [4.78, 5) is 14.1. The Labute approximate surface area is 121 Å². The van der Waals surface area contributed by atoms with Gasteiger partial charge in [-0.3, -0.25) is 0 Å². The van der Waals surface area contributed by atoms with E-state index in [0.29, 0.717) is 6.61 Å². The molecule has 0 heterocycles. The molecule has 0 saturated carbocycles. The fraction of sp³-hybridized carbons (Fsp3) is 0.533. The molecule has 0 aliphatic carbocycles. The molecule has 0 fully saturated rings. The maximum absolute atomic E-state index is 12.0. The van der Waals surface area contributed by atoms with Crippen LogP contribution in [0.3, 0.4) is 0 Å². The first-order chi connectivity index (χ1) is 9.62. The normalized spacial score (nSPS) is 11.8. The van der Waals surface area contributed by atoms with Crippen molar-refractivity contribution in [3.8, 4) is 0 Å². The Balaban J connectivity index is 2.70. The number of hydrogen-bond donors (Lipinski definition) is 2. The van der Waals surface area contributed by atoms with Gasteiger partial charge in [0.05, 0.1) is 24.0 Å². The molecule has 5 nitrogen and oxygen atoms in total. The maximum atomic E-state index is 12.0. The zero-order chi connectivity index (χ0) is 15.0. The van der Waals surface area contributed by atoms with Gasteiger partial charge in [0, 0.05) is 20.7 Å². The number of rotatable bonds is 7. The minimum absolute atomic E-state index is 0.0241. The summed E-state index contributed by atoms with van der Waals surface area (Å²) in [5.41, 5.74) is 1.81. The van der Waals surface area contributed by atoms with Gasteiger partial charge in [-0.05, 0) is 25.5 Å². The van der Waals surface area contributed by atoms with Gasteiger partial charge in [-0.2, -0.15) is 0 Å². The zero-order valence-electron chi connectivity index (χ0n) is 12.8. The maximum Gasteiger partial charge on any atom is 0.319 e. The fourth-order valence-electron chi connectivity index (χ4n) is 1.89. The highest BCUT2D eigenvalue weighted by Gasteiger charge is 2.12. The molecule has 2 N–H and O–H groups in total. The van der Waals surface area contributed by atoms with Gasteiger partial charge in [-0.1, -0.05) is 19.1 Å². The largest absolute Gasteiger partial charge is 0.383 e. The van der Waals surface area contributed by atoms with E-state index in [-0.39, 0.29) is 12.1 Å². The number of benzene rings is 1. The van der Waals surface area contributed by atoms with Crippen molar-refractivity contribution in [3.63, 3.8) is 0 Å². The van der Waals surface area contributed by atoms with Crippen molar-refractivity contribution in [2.75, 3.05) is 37.5 Å². The van der Waals surface area contributed by atoms with Gasteiger partial charge < -0.3 is 20.3 Å². The summed E-state index contributed by atoms with van der Waals surface area (Å²) in [5, 5.41) is 5.81. The van der Waals surface area contributed by atoms with E-state index in [1.807, 2.05) is 38.2 Å². The second-order valence-electron chi connectivity index (χ2n) is 4.69. The second-order valence-corrected chi connectivity index (χ2v) is 4.69. The van der Waals surface area contributed by atoms with Crippen LogP contribution in [0, 0.1) is 0 Å². The molecule has 1 rings (SSSR count). The van der Waals surface area contributed by atoms with Gasteiger partial charge in [0.2, 0.25) is 0 Å². The van der Waals surface area contributed by atoms with Gasteiger partial charge >= 0.3 is 6.03 Å². The van der Waals surface area contributed by atoms with Crippen LogP contribution in [0.15, 0.2) is 24.3 Å². The lowest BCUT2D eigenvalue weighted by atomic mass is 10.2. The molecule has 1 atom stereocenters. The number of ether oxygens (including phenoxy) is 1. The van der Waals surface area contributed by atoms with Crippen molar-refractivity contribution in [2.45, 2.75) is 26.3 Å². The molecule has 5 heteroatoms. The number of anilines is 2. The predicted molar refractivity (Wildman–Crippen MR) is 83.5 cm³/mol. The van der Waals surface area contributed by atoms with Crippen LogP contribution in [0.25, 0.3) is 0 Å². The Kier molecular flexibility index (Phi) is 6.87. The minimum atomic E-state index is -0.203. The van der Waals surface area contributed by atoms with Crippen LogP contribution in [0.5, 0.6) is 0 Å². The topological polar surface area (TPSA) is 53.6 Å². The SMILES string of the molecule is CC[C@H](COC)NC(=O)Nc1ccccc1N(C)CC. The quantitative estimate of drug-likeness (QED) is 0.807. The van der Waals surface area contributed by atoms with Crippen LogP contribution in [-0.4, -0.2) is 39.4 Å². The van der Waals surface area contributed by atoms with Crippen LogP contribution in [0.1, 0.15) is 20.3 Å². The molecule has 0 saturated heterocycles. The lowest BCUT2D eigenvalue weighted by molar-refractivity contribution is 0.165. The molecular weight excluding hydrogens is 254 g/mol. The summed E-state index contributed by atoms with van der Waals surface area (Å²) in [5.74, 6) is 0. The highest BCUT2D eigenvalue weighted by Crippen LogP contribution is 2.24. The molecule has 1 aromatic carbocycles. The van der Waals surface area contributed by atoms with Gasteiger partial charge in [0.25, 0.3) is 0 Å². The van der Waals surface area contributed by atoms with E-state index < -0.39 is 0 Å². The minimum Gasteiger partial charge on any atom is -0.383 e. The van der Waals surface area contributed by atoms with E-state index in [4.69, 9.17) is 4.74 Å². The van der Waals surface area contributed by atoms with E-state index in [9.17, 15) is 4.79 Å². The number of nitrogens with one attached hydrogen (secondary N) is 2. The summed E-state index contributed by atoms with van der Waals surface area (Å²) >= 11 is 0. The molecule has 112 valence electrons. The average Bonchev–Trinajstić information content (AvgIpc) is 2.46. The highest BCUT2D eigenvalue weighted by atomic mass is 16.5. The number of urea groups is 1. The molecule has 2 amide bonds. The molecule has 1 aromatic rings. The molecule has 0 aromatic heterocycles. The summed E-state index contributed by atoms with van der Waals surface area (Å²) in [7, 11) is 3.63. The third kappa shape index (κ3) is 4.74.